The summed E-state index contributed by atoms with van der Waals surface area (Å²) in [5.41, 5.74) is 0. The normalized spacial score (nSPS) is 34.6. The molecule has 0 aromatic rings. The van der Waals surface area contributed by atoms with E-state index in [4.69, 9.17) is 19.5 Å². The van der Waals surface area contributed by atoms with Gasteiger partial charge in [0.15, 0.2) is 6.29 Å². The van der Waals surface area contributed by atoms with Gasteiger partial charge in [0.25, 0.3) is 0 Å². The number of nitriles is 1. The summed E-state index contributed by atoms with van der Waals surface area (Å²) in [6.07, 6.45) is 7.64. The largest absolute Gasteiger partial charge is 0.373 e. The lowest BCUT2D eigenvalue weighted by Crippen LogP contribution is -2.42. The predicted octanol–water partition coefficient (Wildman–Crippen LogP) is 3.26. The van der Waals surface area contributed by atoms with Crippen LogP contribution < -0.4 is 0 Å². The van der Waals surface area contributed by atoms with Crippen molar-refractivity contribution in [3.63, 3.8) is 0 Å². The van der Waals surface area contributed by atoms with Crippen LogP contribution in [0.4, 0.5) is 0 Å². The first-order valence-corrected chi connectivity index (χ1v) is 8.08. The van der Waals surface area contributed by atoms with Gasteiger partial charge in [0.05, 0.1) is 19.3 Å². The van der Waals surface area contributed by atoms with E-state index in [9.17, 15) is 0 Å². The molecule has 0 radical (unpaired) electrons. The molecule has 0 aromatic heterocycles. The van der Waals surface area contributed by atoms with Crippen molar-refractivity contribution in [2.75, 3.05) is 19.8 Å². The molecule has 0 bridgehead atoms. The Morgan fingerprint density at radius 1 is 1.10 bits per heavy atom. The van der Waals surface area contributed by atoms with Gasteiger partial charge in [-0.3, -0.25) is 0 Å². The summed E-state index contributed by atoms with van der Waals surface area (Å²) >= 11 is 0. The lowest BCUT2D eigenvalue weighted by atomic mass is 9.82. The summed E-state index contributed by atoms with van der Waals surface area (Å²) in [5.74, 6) is 0.699. The number of hydrogen-bond acceptors (Lipinski definition) is 4. The van der Waals surface area contributed by atoms with E-state index in [2.05, 4.69) is 13.0 Å². The highest BCUT2D eigenvalue weighted by molar-refractivity contribution is 4.88. The fourth-order valence-corrected chi connectivity index (χ4v) is 2.99. The Balaban J connectivity index is 1.61. The second kappa shape index (κ2) is 8.61. The SMILES string of the molecule is CCCCCO[C@H]1CO[C@H](C2CCC(C#N)CC2)OC1. The monoisotopic (exact) mass is 281 g/mol. The minimum atomic E-state index is -0.0786. The van der Waals surface area contributed by atoms with Crippen LogP contribution in [0.25, 0.3) is 0 Å². The topological polar surface area (TPSA) is 51.5 Å². The molecular weight excluding hydrogens is 254 g/mol. The van der Waals surface area contributed by atoms with Crippen molar-refractivity contribution in [3.8, 4) is 6.07 Å². The van der Waals surface area contributed by atoms with Crippen LogP contribution in [0.3, 0.4) is 0 Å². The Hall–Kier alpha value is -0.630. The lowest BCUT2D eigenvalue weighted by molar-refractivity contribution is -0.249. The molecule has 0 amide bonds. The Morgan fingerprint density at radius 2 is 1.80 bits per heavy atom. The molecule has 0 unspecified atom stereocenters. The standard InChI is InChI=1S/C16H27NO3/c1-2-3-4-9-18-15-11-19-16(20-12-15)14-7-5-13(10-17)6-8-14/h13-16H,2-9,11-12H2,1H3/t13?,14?,15-,16-. The van der Waals surface area contributed by atoms with Crippen LogP contribution in [-0.2, 0) is 14.2 Å². The van der Waals surface area contributed by atoms with E-state index in [0.29, 0.717) is 19.1 Å². The second-order valence-electron chi connectivity index (χ2n) is 5.98. The average Bonchev–Trinajstić information content (AvgIpc) is 2.52. The number of hydrogen-bond donors (Lipinski definition) is 0. The van der Waals surface area contributed by atoms with Crippen LogP contribution >= 0.6 is 0 Å². The van der Waals surface area contributed by atoms with Gasteiger partial charge in [-0.1, -0.05) is 19.8 Å². The minimum absolute atomic E-state index is 0.0786. The maximum absolute atomic E-state index is 8.91. The van der Waals surface area contributed by atoms with Crippen LogP contribution in [-0.4, -0.2) is 32.2 Å². The zero-order chi connectivity index (χ0) is 14.2. The van der Waals surface area contributed by atoms with Gasteiger partial charge in [-0.25, -0.2) is 0 Å². The molecule has 0 aromatic carbocycles. The second-order valence-corrected chi connectivity index (χ2v) is 5.98. The molecule has 0 spiro atoms. The molecule has 0 atom stereocenters. The Bertz CT molecular complexity index is 299. The van der Waals surface area contributed by atoms with Crippen molar-refractivity contribution >= 4 is 0 Å². The van der Waals surface area contributed by atoms with Gasteiger partial charge in [0, 0.05) is 18.4 Å². The third kappa shape index (κ3) is 4.73. The molecule has 4 heteroatoms. The third-order valence-electron chi connectivity index (χ3n) is 4.33. The molecule has 2 rings (SSSR count). The molecule has 2 aliphatic rings. The summed E-state index contributed by atoms with van der Waals surface area (Å²) < 4.78 is 17.4. The number of nitrogens with zero attached hydrogens (tertiary/aromatic N) is 1. The molecule has 4 nitrogen and oxygen atoms in total. The fourth-order valence-electron chi connectivity index (χ4n) is 2.99. The van der Waals surface area contributed by atoms with Gasteiger partial charge in [-0.15, -0.1) is 0 Å². The molecule has 1 saturated heterocycles. The summed E-state index contributed by atoms with van der Waals surface area (Å²) in [6, 6.07) is 2.37. The van der Waals surface area contributed by atoms with Crippen molar-refractivity contribution in [3.05, 3.63) is 0 Å². The van der Waals surface area contributed by atoms with Crippen molar-refractivity contribution in [1.29, 1.82) is 5.26 Å². The van der Waals surface area contributed by atoms with Crippen LogP contribution in [0, 0.1) is 23.2 Å². The zero-order valence-corrected chi connectivity index (χ0v) is 12.6. The average molecular weight is 281 g/mol. The maximum Gasteiger partial charge on any atom is 0.160 e. The quantitative estimate of drug-likeness (QED) is 0.701. The number of ether oxygens (including phenoxy) is 3. The molecule has 0 N–H and O–H groups in total. The Kier molecular flexibility index (Phi) is 6.78. The molecular formula is C16H27NO3. The fraction of sp³-hybridized carbons (Fsp3) is 0.938. The van der Waals surface area contributed by atoms with Gasteiger partial charge in [0.1, 0.15) is 6.10 Å². The van der Waals surface area contributed by atoms with Crippen molar-refractivity contribution in [2.24, 2.45) is 11.8 Å². The van der Waals surface area contributed by atoms with E-state index in [-0.39, 0.29) is 18.3 Å². The molecule has 1 heterocycles. The van der Waals surface area contributed by atoms with E-state index in [0.717, 1.165) is 38.7 Å². The van der Waals surface area contributed by atoms with Gasteiger partial charge in [-0.05, 0) is 32.1 Å². The molecule has 2 fully saturated rings. The first kappa shape index (κ1) is 15.8. The van der Waals surface area contributed by atoms with E-state index in [1.54, 1.807) is 0 Å². The van der Waals surface area contributed by atoms with Gasteiger partial charge < -0.3 is 14.2 Å². The summed E-state index contributed by atoms with van der Waals surface area (Å²) in [5, 5.41) is 8.91. The first-order chi connectivity index (χ1) is 9.83. The predicted molar refractivity (Wildman–Crippen MR) is 76.0 cm³/mol. The molecule has 20 heavy (non-hydrogen) atoms. The van der Waals surface area contributed by atoms with Crippen LogP contribution in [0.5, 0.6) is 0 Å². The van der Waals surface area contributed by atoms with Crippen molar-refractivity contribution in [2.45, 2.75) is 64.3 Å². The first-order valence-electron chi connectivity index (χ1n) is 8.08. The van der Waals surface area contributed by atoms with Crippen molar-refractivity contribution < 1.29 is 14.2 Å². The molecule has 1 saturated carbocycles. The van der Waals surface area contributed by atoms with Crippen LogP contribution in [0.15, 0.2) is 0 Å². The number of rotatable bonds is 6. The van der Waals surface area contributed by atoms with Crippen LogP contribution in [0.2, 0.25) is 0 Å². The zero-order valence-electron chi connectivity index (χ0n) is 12.6. The molecule has 114 valence electrons. The highest BCUT2D eigenvalue weighted by atomic mass is 16.7. The van der Waals surface area contributed by atoms with Gasteiger partial charge >= 0.3 is 0 Å². The van der Waals surface area contributed by atoms with E-state index in [1.165, 1.54) is 12.8 Å². The Labute approximate surface area is 122 Å². The lowest BCUT2D eigenvalue weighted by Gasteiger charge is -2.36. The maximum atomic E-state index is 8.91. The van der Waals surface area contributed by atoms with Gasteiger partial charge in [-0.2, -0.15) is 5.26 Å². The smallest absolute Gasteiger partial charge is 0.160 e. The summed E-state index contributed by atoms with van der Waals surface area (Å²) in [7, 11) is 0. The molecule has 1 aliphatic heterocycles. The highest BCUT2D eigenvalue weighted by Gasteiger charge is 2.32. The minimum Gasteiger partial charge on any atom is -0.373 e. The molecule has 1 aliphatic carbocycles. The van der Waals surface area contributed by atoms with Crippen LogP contribution in [0.1, 0.15) is 51.9 Å². The highest BCUT2D eigenvalue weighted by Crippen LogP contribution is 2.33. The summed E-state index contributed by atoms with van der Waals surface area (Å²) in [6.45, 7) is 4.30. The van der Waals surface area contributed by atoms with Gasteiger partial charge in [0.2, 0.25) is 0 Å². The Morgan fingerprint density at radius 3 is 2.40 bits per heavy atom. The van der Waals surface area contributed by atoms with E-state index >= 15 is 0 Å². The third-order valence-corrected chi connectivity index (χ3v) is 4.33. The van der Waals surface area contributed by atoms with Crippen molar-refractivity contribution in [1.82, 2.24) is 0 Å². The van der Waals surface area contributed by atoms with E-state index in [1.807, 2.05) is 0 Å². The van der Waals surface area contributed by atoms with E-state index < -0.39 is 0 Å². The summed E-state index contributed by atoms with van der Waals surface area (Å²) in [4.78, 5) is 0. The number of unbranched alkanes of at least 4 members (excludes halogenated alkanes) is 2.